The lowest BCUT2D eigenvalue weighted by atomic mass is 10.2. The second kappa shape index (κ2) is 8.06. The molecule has 4 nitrogen and oxygen atoms in total. The van der Waals surface area contributed by atoms with Gasteiger partial charge in [-0.15, -0.1) is 0 Å². The highest BCUT2D eigenvalue weighted by Crippen LogP contribution is 2.29. The summed E-state index contributed by atoms with van der Waals surface area (Å²) in [7, 11) is 0. The predicted molar refractivity (Wildman–Crippen MR) is 73.8 cm³/mol. The molecule has 118 valence electrons. The van der Waals surface area contributed by atoms with Crippen molar-refractivity contribution in [1.29, 1.82) is 0 Å². The number of hydrogen-bond acceptors (Lipinski definition) is 4. The number of halogens is 4. The van der Waals surface area contributed by atoms with E-state index in [1.54, 1.807) is 0 Å². The minimum absolute atomic E-state index is 0.0274. The first-order chi connectivity index (χ1) is 9.83. The Labute approximate surface area is 123 Å². The van der Waals surface area contributed by atoms with Crippen LogP contribution in [0.4, 0.5) is 23.4 Å². The summed E-state index contributed by atoms with van der Waals surface area (Å²) in [5.41, 5.74) is -4.36. The van der Waals surface area contributed by atoms with Gasteiger partial charge in [0.05, 0.1) is 11.8 Å². The lowest BCUT2D eigenvalue weighted by molar-refractivity contribution is -0.0327. The van der Waals surface area contributed by atoms with Gasteiger partial charge in [0.15, 0.2) is 0 Å². The van der Waals surface area contributed by atoms with E-state index in [1.165, 1.54) is 0 Å². The lowest BCUT2D eigenvalue weighted by Gasteiger charge is -2.11. The Kier molecular flexibility index (Phi) is 6.73. The molecule has 0 fully saturated rings. The van der Waals surface area contributed by atoms with Gasteiger partial charge in [-0.1, -0.05) is 6.92 Å². The highest BCUT2D eigenvalue weighted by atomic mass is 32.2. The molecule has 0 radical (unpaired) electrons. The van der Waals surface area contributed by atoms with Crippen LogP contribution in [0.1, 0.15) is 23.7 Å². The van der Waals surface area contributed by atoms with E-state index in [1.807, 2.05) is 6.92 Å². The number of aromatic nitrogens is 1. The van der Waals surface area contributed by atoms with Gasteiger partial charge in [0.25, 0.3) is 5.91 Å². The third-order valence-corrected chi connectivity index (χ3v) is 3.03. The molecule has 21 heavy (non-hydrogen) atoms. The molecule has 1 aromatic rings. The summed E-state index contributed by atoms with van der Waals surface area (Å²) >= 11 is -0.228. The minimum atomic E-state index is -4.33. The average Bonchev–Trinajstić information content (AvgIpc) is 2.41. The van der Waals surface area contributed by atoms with E-state index in [-0.39, 0.29) is 35.4 Å². The molecule has 0 aromatic carbocycles. The topological polar surface area (TPSA) is 54.0 Å². The average molecular weight is 325 g/mol. The van der Waals surface area contributed by atoms with Gasteiger partial charge in [-0.25, -0.2) is 9.37 Å². The normalized spacial score (nSPS) is 11.3. The fourth-order valence-electron chi connectivity index (χ4n) is 1.42. The Morgan fingerprint density at radius 2 is 2.10 bits per heavy atom. The molecule has 0 aliphatic heterocycles. The van der Waals surface area contributed by atoms with Crippen molar-refractivity contribution in [3.63, 3.8) is 0 Å². The van der Waals surface area contributed by atoms with Gasteiger partial charge in [0.2, 0.25) is 0 Å². The van der Waals surface area contributed by atoms with Crippen LogP contribution in [-0.4, -0.2) is 35.2 Å². The number of carbonyl (C=O) groups is 1. The zero-order chi connectivity index (χ0) is 15.9. The SMILES string of the molecule is CCCNc1ncc(F)cc1C(=O)NCCSC(F)(F)F. The predicted octanol–water partition coefficient (Wildman–Crippen LogP) is 3.03. The van der Waals surface area contributed by atoms with Crippen LogP contribution in [0.3, 0.4) is 0 Å². The molecule has 0 saturated heterocycles. The van der Waals surface area contributed by atoms with Crippen LogP contribution in [0.5, 0.6) is 0 Å². The first-order valence-corrected chi connectivity index (χ1v) is 7.20. The first kappa shape index (κ1) is 17.5. The zero-order valence-corrected chi connectivity index (χ0v) is 12.1. The van der Waals surface area contributed by atoms with E-state index >= 15 is 0 Å². The standard InChI is InChI=1S/C12H15F4N3OS/c1-2-3-17-10-9(6-8(13)7-19-10)11(20)18-4-5-21-12(14,15)16/h6-7H,2-5H2,1H3,(H,17,19)(H,18,20). The minimum Gasteiger partial charge on any atom is -0.369 e. The van der Waals surface area contributed by atoms with Gasteiger partial charge in [0, 0.05) is 18.8 Å². The Morgan fingerprint density at radius 3 is 2.71 bits per heavy atom. The number of thioether (sulfide) groups is 1. The Morgan fingerprint density at radius 1 is 1.38 bits per heavy atom. The summed E-state index contributed by atoms with van der Waals surface area (Å²) in [5.74, 6) is -1.45. The Bertz CT molecular complexity index is 482. The molecule has 0 spiro atoms. The molecule has 1 heterocycles. The molecular weight excluding hydrogens is 310 g/mol. The number of nitrogens with zero attached hydrogens (tertiary/aromatic N) is 1. The maximum atomic E-state index is 13.2. The summed E-state index contributed by atoms with van der Waals surface area (Å²) in [6.45, 7) is 2.28. The quantitative estimate of drug-likeness (QED) is 0.598. The van der Waals surface area contributed by atoms with Crippen LogP contribution in [0.15, 0.2) is 12.3 Å². The second-order valence-corrected chi connectivity index (χ2v) is 5.19. The Balaban J connectivity index is 2.61. The highest BCUT2D eigenvalue weighted by molar-refractivity contribution is 8.00. The van der Waals surface area contributed by atoms with Crippen LogP contribution in [0.2, 0.25) is 0 Å². The maximum Gasteiger partial charge on any atom is 0.441 e. The molecule has 0 saturated carbocycles. The summed E-state index contributed by atoms with van der Waals surface area (Å²) in [6.07, 6.45) is 1.75. The Hall–Kier alpha value is -1.51. The smallest absolute Gasteiger partial charge is 0.369 e. The van der Waals surface area contributed by atoms with E-state index < -0.39 is 17.2 Å². The summed E-state index contributed by atoms with van der Waals surface area (Å²) in [6, 6.07) is 0.997. The number of pyridine rings is 1. The van der Waals surface area contributed by atoms with Crippen LogP contribution in [-0.2, 0) is 0 Å². The number of alkyl halides is 3. The summed E-state index contributed by atoms with van der Waals surface area (Å²) in [4.78, 5) is 15.6. The largest absolute Gasteiger partial charge is 0.441 e. The molecule has 2 N–H and O–H groups in total. The van der Waals surface area contributed by atoms with E-state index in [4.69, 9.17) is 0 Å². The van der Waals surface area contributed by atoms with Crippen molar-refractivity contribution in [3.05, 3.63) is 23.6 Å². The van der Waals surface area contributed by atoms with Gasteiger partial charge >= 0.3 is 5.51 Å². The van der Waals surface area contributed by atoms with Crippen LogP contribution >= 0.6 is 11.8 Å². The lowest BCUT2D eigenvalue weighted by Crippen LogP contribution is -2.27. The molecule has 1 aromatic heterocycles. The van der Waals surface area contributed by atoms with E-state index in [2.05, 4.69) is 15.6 Å². The molecule has 0 aliphatic rings. The third-order valence-electron chi connectivity index (χ3n) is 2.29. The third kappa shape index (κ3) is 6.65. The molecule has 0 unspecified atom stereocenters. The van der Waals surface area contributed by atoms with Crippen LogP contribution < -0.4 is 10.6 Å². The van der Waals surface area contributed by atoms with Crippen molar-refractivity contribution in [2.24, 2.45) is 0 Å². The number of nitrogens with one attached hydrogen (secondary N) is 2. The number of carbonyl (C=O) groups excluding carboxylic acids is 1. The van der Waals surface area contributed by atoms with E-state index in [0.29, 0.717) is 6.54 Å². The van der Waals surface area contributed by atoms with Crippen LogP contribution in [0.25, 0.3) is 0 Å². The van der Waals surface area contributed by atoms with E-state index in [9.17, 15) is 22.4 Å². The molecule has 1 rings (SSSR count). The summed E-state index contributed by atoms with van der Waals surface area (Å²) < 4.78 is 49.0. The monoisotopic (exact) mass is 325 g/mol. The van der Waals surface area contributed by atoms with Crippen molar-refractivity contribution < 1.29 is 22.4 Å². The summed E-state index contributed by atoms with van der Waals surface area (Å²) in [5, 5.41) is 5.17. The molecule has 0 bridgehead atoms. The van der Waals surface area contributed by atoms with Gasteiger partial charge in [-0.3, -0.25) is 4.79 Å². The number of amides is 1. The molecule has 1 amide bonds. The van der Waals surface area contributed by atoms with Crippen molar-refractivity contribution in [1.82, 2.24) is 10.3 Å². The fourth-order valence-corrected chi connectivity index (χ4v) is 1.86. The number of anilines is 1. The maximum absolute atomic E-state index is 13.2. The van der Waals surface area contributed by atoms with Crippen molar-refractivity contribution in [2.45, 2.75) is 18.9 Å². The molecule has 0 atom stereocenters. The number of rotatable bonds is 7. The van der Waals surface area contributed by atoms with Crippen LogP contribution in [0, 0.1) is 5.82 Å². The first-order valence-electron chi connectivity index (χ1n) is 6.21. The van der Waals surface area contributed by atoms with Crippen molar-refractivity contribution in [2.75, 3.05) is 24.2 Å². The number of hydrogen-bond donors (Lipinski definition) is 2. The highest BCUT2D eigenvalue weighted by Gasteiger charge is 2.27. The van der Waals surface area contributed by atoms with Gasteiger partial charge in [-0.05, 0) is 24.2 Å². The van der Waals surface area contributed by atoms with Crippen molar-refractivity contribution in [3.8, 4) is 0 Å². The van der Waals surface area contributed by atoms with Gasteiger partial charge in [-0.2, -0.15) is 13.2 Å². The second-order valence-electron chi connectivity index (χ2n) is 4.03. The van der Waals surface area contributed by atoms with Gasteiger partial charge in [0.1, 0.15) is 11.6 Å². The zero-order valence-electron chi connectivity index (χ0n) is 11.3. The molecule has 0 aliphatic carbocycles. The molecular formula is C12H15F4N3OS. The molecule has 9 heteroatoms. The fraction of sp³-hybridized carbons (Fsp3) is 0.500. The van der Waals surface area contributed by atoms with Crippen molar-refractivity contribution >= 4 is 23.5 Å². The van der Waals surface area contributed by atoms with Gasteiger partial charge < -0.3 is 10.6 Å². The van der Waals surface area contributed by atoms with E-state index in [0.717, 1.165) is 18.7 Å².